The molecular formula is C35H38N6O4. The van der Waals surface area contributed by atoms with Crippen molar-refractivity contribution in [3.63, 3.8) is 0 Å². The average molecular weight is 607 g/mol. The van der Waals surface area contributed by atoms with Gasteiger partial charge in [-0.25, -0.2) is 4.98 Å². The van der Waals surface area contributed by atoms with Crippen molar-refractivity contribution in [1.82, 2.24) is 15.6 Å². The third-order valence-electron chi connectivity index (χ3n) is 8.23. The summed E-state index contributed by atoms with van der Waals surface area (Å²) in [5.74, 6) is 0.116. The highest BCUT2D eigenvalue weighted by atomic mass is 16.3. The largest absolute Gasteiger partial charge is 0.448 e. The molecule has 6 rings (SSSR count). The molecule has 0 radical (unpaired) electrons. The Hall–Kier alpha value is -5.12. The topological polar surface area (TPSA) is 120 Å². The summed E-state index contributed by atoms with van der Waals surface area (Å²) in [5.41, 5.74) is 5.12. The molecule has 3 aromatic carbocycles. The van der Waals surface area contributed by atoms with Crippen LogP contribution in [-0.2, 0) is 0 Å². The first kappa shape index (κ1) is 29.9. The minimum Gasteiger partial charge on any atom is -0.448 e. The number of oxazole rings is 1. The SMILES string of the molecule is Cc1ccccc1N1CCN(c2ccc(C(=O)NCCCNC(=O)c3ccccc3)cc2NC(=O)c2coc(C3CC3)n2)CC1. The van der Waals surface area contributed by atoms with E-state index in [0.717, 1.165) is 44.7 Å². The minimum absolute atomic E-state index is 0.144. The number of para-hydroxylation sites is 1. The van der Waals surface area contributed by atoms with E-state index in [2.05, 4.69) is 55.9 Å². The molecule has 1 aliphatic carbocycles. The zero-order valence-corrected chi connectivity index (χ0v) is 25.4. The van der Waals surface area contributed by atoms with Crippen LogP contribution in [0.1, 0.15) is 67.8 Å². The molecule has 232 valence electrons. The van der Waals surface area contributed by atoms with E-state index < -0.39 is 0 Å². The lowest BCUT2D eigenvalue weighted by Crippen LogP contribution is -2.47. The number of aryl methyl sites for hydroxylation is 1. The van der Waals surface area contributed by atoms with Crippen LogP contribution in [0, 0.1) is 6.92 Å². The molecule has 0 atom stereocenters. The fourth-order valence-electron chi connectivity index (χ4n) is 5.54. The lowest BCUT2D eigenvalue weighted by atomic mass is 10.1. The van der Waals surface area contributed by atoms with Crippen molar-refractivity contribution in [1.29, 1.82) is 0 Å². The predicted molar refractivity (Wildman–Crippen MR) is 174 cm³/mol. The van der Waals surface area contributed by atoms with Crippen molar-refractivity contribution in [2.45, 2.75) is 32.1 Å². The van der Waals surface area contributed by atoms with Crippen LogP contribution in [0.15, 0.2) is 83.5 Å². The van der Waals surface area contributed by atoms with Crippen LogP contribution in [0.4, 0.5) is 17.1 Å². The van der Waals surface area contributed by atoms with Gasteiger partial charge < -0.3 is 30.2 Å². The number of benzene rings is 3. The zero-order chi connectivity index (χ0) is 31.2. The third kappa shape index (κ3) is 7.34. The van der Waals surface area contributed by atoms with E-state index in [4.69, 9.17) is 4.42 Å². The molecule has 0 unspecified atom stereocenters. The number of anilines is 3. The number of nitrogens with one attached hydrogen (secondary N) is 3. The molecule has 2 heterocycles. The van der Waals surface area contributed by atoms with Crippen LogP contribution in [0.3, 0.4) is 0 Å². The minimum atomic E-state index is -0.378. The molecule has 1 aliphatic heterocycles. The average Bonchev–Trinajstić information content (AvgIpc) is 3.80. The highest BCUT2D eigenvalue weighted by molar-refractivity contribution is 6.06. The van der Waals surface area contributed by atoms with Crippen LogP contribution in [-0.4, -0.2) is 62.0 Å². The van der Waals surface area contributed by atoms with Gasteiger partial charge in [0.25, 0.3) is 17.7 Å². The number of aromatic nitrogens is 1. The van der Waals surface area contributed by atoms with E-state index in [9.17, 15) is 14.4 Å². The maximum atomic E-state index is 13.3. The van der Waals surface area contributed by atoms with Gasteiger partial charge in [-0.3, -0.25) is 14.4 Å². The maximum absolute atomic E-state index is 13.3. The fraction of sp³-hybridized carbons (Fsp3) is 0.314. The lowest BCUT2D eigenvalue weighted by Gasteiger charge is -2.38. The molecule has 2 fully saturated rings. The molecule has 3 amide bonds. The second-order valence-electron chi connectivity index (χ2n) is 11.5. The van der Waals surface area contributed by atoms with E-state index in [1.165, 1.54) is 17.5 Å². The van der Waals surface area contributed by atoms with E-state index in [0.29, 0.717) is 48.1 Å². The summed E-state index contributed by atoms with van der Waals surface area (Å²) in [7, 11) is 0. The summed E-state index contributed by atoms with van der Waals surface area (Å²) in [5, 5.41) is 8.80. The Labute approximate surface area is 262 Å². The Morgan fingerprint density at radius 2 is 1.42 bits per heavy atom. The van der Waals surface area contributed by atoms with Crippen LogP contribution >= 0.6 is 0 Å². The summed E-state index contributed by atoms with van der Waals surface area (Å²) < 4.78 is 5.55. The van der Waals surface area contributed by atoms with Gasteiger partial charge in [0, 0.05) is 62.0 Å². The first-order chi connectivity index (χ1) is 22.0. The smallest absolute Gasteiger partial charge is 0.277 e. The van der Waals surface area contributed by atoms with E-state index in [1.54, 1.807) is 24.3 Å². The summed E-state index contributed by atoms with van der Waals surface area (Å²) in [6.07, 6.45) is 4.02. The number of hydrogen-bond acceptors (Lipinski definition) is 7. The number of piperazine rings is 1. The highest BCUT2D eigenvalue weighted by Gasteiger charge is 2.30. The van der Waals surface area contributed by atoms with Crippen molar-refractivity contribution >= 4 is 34.8 Å². The molecular weight excluding hydrogens is 568 g/mol. The summed E-state index contributed by atoms with van der Waals surface area (Å²) in [4.78, 5) is 47.6. The number of carbonyl (C=O) groups is 3. The van der Waals surface area contributed by atoms with Crippen molar-refractivity contribution in [3.8, 4) is 0 Å². The Morgan fingerprint density at radius 3 is 2.11 bits per heavy atom. The molecule has 2 aliphatic rings. The Kier molecular flexibility index (Phi) is 9.09. The van der Waals surface area contributed by atoms with Crippen molar-refractivity contribution in [2.24, 2.45) is 0 Å². The number of rotatable bonds is 11. The normalized spacial score (nSPS) is 14.6. The monoisotopic (exact) mass is 606 g/mol. The van der Waals surface area contributed by atoms with Gasteiger partial charge in [0.05, 0.1) is 11.4 Å². The summed E-state index contributed by atoms with van der Waals surface area (Å²) in [6.45, 7) is 6.12. The van der Waals surface area contributed by atoms with Gasteiger partial charge >= 0.3 is 0 Å². The van der Waals surface area contributed by atoms with Gasteiger partial charge in [-0.15, -0.1) is 0 Å². The van der Waals surface area contributed by atoms with Gasteiger partial charge in [-0.2, -0.15) is 0 Å². The molecule has 3 N–H and O–H groups in total. The maximum Gasteiger partial charge on any atom is 0.277 e. The molecule has 45 heavy (non-hydrogen) atoms. The van der Waals surface area contributed by atoms with E-state index >= 15 is 0 Å². The highest BCUT2D eigenvalue weighted by Crippen LogP contribution is 2.39. The molecule has 1 aromatic heterocycles. The first-order valence-electron chi connectivity index (χ1n) is 15.5. The predicted octanol–water partition coefficient (Wildman–Crippen LogP) is 4.99. The quantitative estimate of drug-likeness (QED) is 0.206. The molecule has 4 aromatic rings. The van der Waals surface area contributed by atoms with Gasteiger partial charge in [-0.05, 0) is 68.1 Å². The second-order valence-corrected chi connectivity index (χ2v) is 11.5. The fourth-order valence-corrected chi connectivity index (χ4v) is 5.54. The van der Waals surface area contributed by atoms with Crippen molar-refractivity contribution < 1.29 is 18.8 Å². The Bertz CT molecular complexity index is 1660. The first-order valence-corrected chi connectivity index (χ1v) is 15.5. The molecule has 1 saturated heterocycles. The van der Waals surface area contributed by atoms with Gasteiger partial charge in [0.2, 0.25) is 0 Å². The molecule has 10 heteroatoms. The molecule has 10 nitrogen and oxygen atoms in total. The lowest BCUT2D eigenvalue weighted by molar-refractivity contribution is 0.0949. The van der Waals surface area contributed by atoms with Crippen molar-refractivity contribution in [3.05, 3.63) is 107 Å². The number of amides is 3. The van der Waals surface area contributed by atoms with Crippen LogP contribution < -0.4 is 25.8 Å². The summed E-state index contributed by atoms with van der Waals surface area (Å²) >= 11 is 0. The van der Waals surface area contributed by atoms with Gasteiger partial charge in [-0.1, -0.05) is 36.4 Å². The standard InChI is InChI=1S/C35H38N6O4/c1-24-8-5-6-11-30(24)40-18-20-41(21-19-40)31-15-14-27(22-28(31)38-34(44)29-23-45-35(39-29)26-12-13-26)33(43)37-17-7-16-36-32(42)25-9-3-2-4-10-25/h2-6,8-11,14-15,22-23,26H,7,12-13,16-21H2,1H3,(H,36,42)(H,37,43)(H,38,44). The van der Waals surface area contributed by atoms with Crippen molar-refractivity contribution in [2.75, 3.05) is 54.4 Å². The molecule has 1 saturated carbocycles. The molecule has 0 spiro atoms. The van der Waals surface area contributed by atoms with E-state index in [1.807, 2.05) is 30.3 Å². The second kappa shape index (κ2) is 13.7. The van der Waals surface area contributed by atoms with Gasteiger partial charge in [0.1, 0.15) is 6.26 Å². The van der Waals surface area contributed by atoms with Crippen LogP contribution in [0.5, 0.6) is 0 Å². The van der Waals surface area contributed by atoms with Crippen LogP contribution in [0.2, 0.25) is 0 Å². The molecule has 0 bridgehead atoms. The Morgan fingerprint density at radius 1 is 0.778 bits per heavy atom. The third-order valence-corrected chi connectivity index (χ3v) is 8.23. The van der Waals surface area contributed by atoms with Gasteiger partial charge in [0.15, 0.2) is 11.6 Å². The van der Waals surface area contributed by atoms with Crippen LogP contribution in [0.25, 0.3) is 0 Å². The number of nitrogens with zero attached hydrogens (tertiary/aromatic N) is 3. The number of hydrogen-bond donors (Lipinski definition) is 3. The summed E-state index contributed by atoms with van der Waals surface area (Å²) in [6, 6.07) is 22.8. The Balaban J connectivity index is 1.11. The van der Waals surface area contributed by atoms with E-state index in [-0.39, 0.29) is 23.4 Å². The number of carbonyl (C=O) groups excluding carboxylic acids is 3. The zero-order valence-electron chi connectivity index (χ0n) is 25.4.